The number of hydrogen-bond donors (Lipinski definition) is 3. The molecule has 1 aliphatic heterocycles. The van der Waals surface area contributed by atoms with E-state index in [0.29, 0.717) is 17.8 Å². The van der Waals surface area contributed by atoms with E-state index in [9.17, 15) is 18.0 Å². The zero-order valence-electron chi connectivity index (χ0n) is 17.9. The molecule has 3 aromatic carbocycles. The summed E-state index contributed by atoms with van der Waals surface area (Å²) in [7, 11) is -3.66. The molecule has 3 N–H and O–H groups in total. The van der Waals surface area contributed by atoms with Gasteiger partial charge in [-0.3, -0.25) is 4.79 Å². The van der Waals surface area contributed by atoms with Crippen LogP contribution in [-0.2, 0) is 26.1 Å². The van der Waals surface area contributed by atoms with Crippen LogP contribution in [0.15, 0.2) is 77.7 Å². The number of benzene rings is 3. The molecular weight excluding hydrogens is 442 g/mol. The summed E-state index contributed by atoms with van der Waals surface area (Å²) in [6.45, 7) is 1.93. The molecule has 8 nitrogen and oxygen atoms in total. The Morgan fingerprint density at radius 2 is 1.67 bits per heavy atom. The van der Waals surface area contributed by atoms with Gasteiger partial charge in [0.1, 0.15) is 11.1 Å². The molecule has 0 spiro atoms. The minimum Gasteiger partial charge on any atom is -0.452 e. The maximum Gasteiger partial charge on any atom is 0.338 e. The van der Waals surface area contributed by atoms with E-state index in [-0.39, 0.29) is 10.5 Å². The van der Waals surface area contributed by atoms with Crippen LogP contribution in [0, 0.1) is 6.92 Å². The van der Waals surface area contributed by atoms with Crippen LogP contribution in [0.4, 0.5) is 5.69 Å². The molecule has 0 unspecified atom stereocenters. The van der Waals surface area contributed by atoms with Crippen molar-refractivity contribution in [2.75, 3.05) is 11.9 Å². The van der Waals surface area contributed by atoms with E-state index >= 15 is 0 Å². The lowest BCUT2D eigenvalue weighted by molar-refractivity contribution is -0.124. The zero-order chi connectivity index (χ0) is 23.4. The van der Waals surface area contributed by atoms with E-state index in [1.807, 2.05) is 31.2 Å². The molecule has 3 aromatic rings. The third-order valence-corrected chi connectivity index (χ3v) is 6.65. The SMILES string of the molecule is Cc1ccc(CNC(=O)COC(=O)c2ccc([C@H]3Nc4ccccc4S(=O)(=O)N3)cc2)cc1. The molecule has 0 saturated carbocycles. The Labute approximate surface area is 192 Å². The summed E-state index contributed by atoms with van der Waals surface area (Å²) < 4.78 is 32.6. The van der Waals surface area contributed by atoms with Gasteiger partial charge < -0.3 is 15.4 Å². The standard InChI is InChI=1S/C24H23N3O5S/c1-16-6-8-17(9-7-16)14-25-22(28)15-32-24(29)19-12-10-18(11-13-19)23-26-20-4-2-3-5-21(20)33(30,31)27-23/h2-13,23,26-27H,14-15H2,1H3,(H,25,28)/t23-/m0/s1. The lowest BCUT2D eigenvalue weighted by Crippen LogP contribution is -2.38. The largest absolute Gasteiger partial charge is 0.452 e. The minimum atomic E-state index is -3.66. The van der Waals surface area contributed by atoms with Crippen molar-refractivity contribution in [3.05, 3.63) is 95.1 Å². The Balaban J connectivity index is 1.32. The number of nitrogens with one attached hydrogen (secondary N) is 3. The van der Waals surface area contributed by atoms with Gasteiger partial charge in [-0.05, 0) is 42.3 Å². The van der Waals surface area contributed by atoms with Crippen LogP contribution in [0.2, 0.25) is 0 Å². The number of esters is 1. The maximum atomic E-state index is 12.5. The van der Waals surface area contributed by atoms with Crippen molar-refractivity contribution >= 4 is 27.6 Å². The van der Waals surface area contributed by atoms with Crippen molar-refractivity contribution in [1.29, 1.82) is 0 Å². The fourth-order valence-corrected chi connectivity index (χ4v) is 4.67. The summed E-state index contributed by atoms with van der Waals surface area (Å²) in [5, 5.41) is 5.83. The van der Waals surface area contributed by atoms with Crippen LogP contribution >= 0.6 is 0 Å². The highest BCUT2D eigenvalue weighted by Gasteiger charge is 2.29. The number of para-hydroxylation sites is 1. The summed E-state index contributed by atoms with van der Waals surface area (Å²) in [5.74, 6) is -1.05. The third-order valence-electron chi connectivity index (χ3n) is 5.17. The van der Waals surface area contributed by atoms with Crippen molar-refractivity contribution < 1.29 is 22.7 Å². The quantitative estimate of drug-likeness (QED) is 0.483. The molecule has 0 aromatic heterocycles. The highest BCUT2D eigenvalue weighted by Crippen LogP contribution is 2.30. The smallest absolute Gasteiger partial charge is 0.338 e. The molecule has 9 heteroatoms. The molecular formula is C24H23N3O5S. The summed E-state index contributed by atoms with van der Waals surface area (Å²) >= 11 is 0. The number of aryl methyl sites for hydroxylation is 1. The summed E-state index contributed by atoms with van der Waals surface area (Å²) in [6, 6.07) is 20.7. The molecule has 33 heavy (non-hydrogen) atoms. The van der Waals surface area contributed by atoms with Crippen molar-refractivity contribution in [2.45, 2.75) is 24.5 Å². The van der Waals surface area contributed by atoms with Crippen LogP contribution in [0.25, 0.3) is 0 Å². The Morgan fingerprint density at radius 3 is 2.39 bits per heavy atom. The number of rotatable bonds is 6. The first kappa shape index (κ1) is 22.5. The van der Waals surface area contributed by atoms with Crippen LogP contribution in [0.1, 0.15) is 33.2 Å². The summed E-state index contributed by atoms with van der Waals surface area (Å²) in [6.07, 6.45) is -0.678. The van der Waals surface area contributed by atoms with Crippen LogP contribution in [0.3, 0.4) is 0 Å². The van der Waals surface area contributed by atoms with Gasteiger partial charge in [0.2, 0.25) is 10.0 Å². The van der Waals surface area contributed by atoms with Crippen molar-refractivity contribution in [3.8, 4) is 0 Å². The average molecular weight is 466 g/mol. The van der Waals surface area contributed by atoms with E-state index < -0.39 is 34.7 Å². The molecule has 0 bridgehead atoms. The van der Waals surface area contributed by atoms with E-state index in [0.717, 1.165) is 11.1 Å². The molecule has 1 atom stereocenters. The molecule has 0 fully saturated rings. The molecule has 1 amide bonds. The number of anilines is 1. The van der Waals surface area contributed by atoms with Gasteiger partial charge >= 0.3 is 5.97 Å². The van der Waals surface area contributed by atoms with Gasteiger partial charge in [0.25, 0.3) is 5.91 Å². The van der Waals surface area contributed by atoms with Crippen LogP contribution in [-0.4, -0.2) is 26.9 Å². The Morgan fingerprint density at radius 1 is 0.970 bits per heavy atom. The molecule has 1 aliphatic rings. The Hall–Kier alpha value is -3.69. The fourth-order valence-electron chi connectivity index (χ4n) is 3.36. The fraction of sp³-hybridized carbons (Fsp3) is 0.167. The van der Waals surface area contributed by atoms with E-state index in [2.05, 4.69) is 15.4 Å². The van der Waals surface area contributed by atoms with Gasteiger partial charge in [-0.1, -0.05) is 54.1 Å². The first-order valence-electron chi connectivity index (χ1n) is 10.3. The lowest BCUT2D eigenvalue weighted by Gasteiger charge is -2.28. The van der Waals surface area contributed by atoms with Crippen molar-refractivity contribution in [3.63, 3.8) is 0 Å². The van der Waals surface area contributed by atoms with Crippen LogP contribution < -0.4 is 15.4 Å². The van der Waals surface area contributed by atoms with Gasteiger partial charge in [0.15, 0.2) is 6.61 Å². The second kappa shape index (κ2) is 9.43. The lowest BCUT2D eigenvalue weighted by atomic mass is 10.1. The highest BCUT2D eigenvalue weighted by molar-refractivity contribution is 7.89. The third kappa shape index (κ3) is 5.39. The Kier molecular flexibility index (Phi) is 6.43. The number of amides is 1. The van der Waals surface area contributed by atoms with Gasteiger partial charge in [0.05, 0.1) is 11.3 Å². The normalized spacial score (nSPS) is 16.2. The van der Waals surface area contributed by atoms with Crippen molar-refractivity contribution in [2.24, 2.45) is 0 Å². The number of carbonyl (C=O) groups excluding carboxylic acids is 2. The number of sulfonamides is 1. The van der Waals surface area contributed by atoms with E-state index in [1.54, 1.807) is 30.3 Å². The molecule has 0 radical (unpaired) electrons. The topological polar surface area (TPSA) is 114 Å². The van der Waals surface area contributed by atoms with Crippen molar-refractivity contribution in [1.82, 2.24) is 10.0 Å². The maximum absolute atomic E-state index is 12.5. The second-order valence-corrected chi connectivity index (χ2v) is 9.34. The van der Waals surface area contributed by atoms with E-state index in [4.69, 9.17) is 4.74 Å². The summed E-state index contributed by atoms with van der Waals surface area (Å²) in [5.41, 5.74) is 3.46. The number of carbonyl (C=O) groups is 2. The zero-order valence-corrected chi connectivity index (χ0v) is 18.7. The van der Waals surface area contributed by atoms with Gasteiger partial charge in [-0.15, -0.1) is 0 Å². The predicted octanol–water partition coefficient (Wildman–Crippen LogP) is 2.87. The average Bonchev–Trinajstić information content (AvgIpc) is 2.82. The van der Waals surface area contributed by atoms with E-state index in [1.165, 1.54) is 18.2 Å². The number of hydrogen-bond acceptors (Lipinski definition) is 6. The highest BCUT2D eigenvalue weighted by atomic mass is 32.2. The molecule has 0 saturated heterocycles. The number of ether oxygens (including phenoxy) is 1. The van der Waals surface area contributed by atoms with Gasteiger partial charge in [-0.25, -0.2) is 13.2 Å². The number of fused-ring (bicyclic) bond motifs is 1. The monoisotopic (exact) mass is 465 g/mol. The molecule has 4 rings (SSSR count). The minimum absolute atomic E-state index is 0.183. The predicted molar refractivity (Wildman–Crippen MR) is 123 cm³/mol. The summed E-state index contributed by atoms with van der Waals surface area (Å²) in [4.78, 5) is 24.4. The van der Waals surface area contributed by atoms with Crippen LogP contribution in [0.5, 0.6) is 0 Å². The molecule has 0 aliphatic carbocycles. The second-order valence-electron chi connectivity index (χ2n) is 7.66. The first-order chi connectivity index (χ1) is 15.8. The van der Waals surface area contributed by atoms with Gasteiger partial charge in [0, 0.05) is 6.54 Å². The molecule has 170 valence electrons. The first-order valence-corrected chi connectivity index (χ1v) is 11.8. The van der Waals surface area contributed by atoms with Gasteiger partial charge in [-0.2, -0.15) is 4.72 Å². The molecule has 1 heterocycles. The Bertz CT molecular complexity index is 1270.